The number of hydrogen-bond donors (Lipinski definition) is 1. The predicted octanol–water partition coefficient (Wildman–Crippen LogP) is 1.93. The number of ether oxygens (including phenoxy) is 1. The van der Waals surface area contributed by atoms with Gasteiger partial charge in [-0.25, -0.2) is 0 Å². The van der Waals surface area contributed by atoms with Gasteiger partial charge >= 0.3 is 0 Å². The average molecular weight is 333 g/mol. The number of aryl methyl sites for hydroxylation is 1. The molecule has 132 valence electrons. The van der Waals surface area contributed by atoms with Gasteiger partial charge in [0.2, 0.25) is 5.91 Å². The third-order valence-corrected chi connectivity index (χ3v) is 4.01. The number of nitrogens with zero attached hydrogens (tertiary/aromatic N) is 2. The van der Waals surface area contributed by atoms with Gasteiger partial charge in [0.1, 0.15) is 11.6 Å². The molecular formula is C18H27N3O3. The number of aromatic nitrogens is 1. The lowest BCUT2D eigenvalue weighted by Gasteiger charge is -2.24. The molecule has 0 bridgehead atoms. The Kier molecular flexibility index (Phi) is 7.66. The molecule has 1 aromatic heterocycles. The summed E-state index contributed by atoms with van der Waals surface area (Å²) in [6, 6.07) is 1.94. The highest BCUT2D eigenvalue weighted by Gasteiger charge is 2.17. The van der Waals surface area contributed by atoms with Crippen molar-refractivity contribution in [1.29, 1.82) is 5.26 Å². The minimum absolute atomic E-state index is 0.0595. The number of hydrogen-bond acceptors (Lipinski definition) is 4. The molecular weight excluding hydrogens is 306 g/mol. The molecule has 0 aliphatic carbocycles. The first-order valence-electron chi connectivity index (χ1n) is 8.20. The number of amides is 1. The Bertz CT molecular complexity index is 671. The number of aromatic amines is 1. The van der Waals surface area contributed by atoms with E-state index < -0.39 is 0 Å². The van der Waals surface area contributed by atoms with E-state index in [1.54, 1.807) is 21.0 Å². The van der Waals surface area contributed by atoms with Crippen molar-refractivity contribution in [3.05, 3.63) is 32.7 Å². The van der Waals surface area contributed by atoms with Crippen LogP contribution in [-0.4, -0.2) is 42.6 Å². The van der Waals surface area contributed by atoms with E-state index in [1.807, 2.05) is 11.0 Å². The molecule has 1 N–H and O–H groups in total. The van der Waals surface area contributed by atoms with Gasteiger partial charge in [-0.3, -0.25) is 9.59 Å². The number of methoxy groups -OCH3 is 1. The van der Waals surface area contributed by atoms with Crippen LogP contribution in [0.5, 0.6) is 0 Å². The summed E-state index contributed by atoms with van der Waals surface area (Å²) in [5.74, 6) is 0.441. The van der Waals surface area contributed by atoms with Crippen LogP contribution in [0.1, 0.15) is 42.7 Å². The Hall–Kier alpha value is -2.13. The van der Waals surface area contributed by atoms with Gasteiger partial charge in [-0.05, 0) is 37.3 Å². The maximum Gasteiger partial charge on any atom is 0.266 e. The van der Waals surface area contributed by atoms with Crippen LogP contribution in [0.2, 0.25) is 0 Å². The Morgan fingerprint density at radius 2 is 2.04 bits per heavy atom. The Morgan fingerprint density at radius 1 is 1.38 bits per heavy atom. The van der Waals surface area contributed by atoms with Crippen LogP contribution >= 0.6 is 0 Å². The second kappa shape index (κ2) is 9.24. The van der Waals surface area contributed by atoms with Crippen molar-refractivity contribution >= 4 is 5.91 Å². The highest BCUT2D eigenvalue weighted by molar-refractivity contribution is 5.76. The zero-order valence-corrected chi connectivity index (χ0v) is 15.2. The predicted molar refractivity (Wildman–Crippen MR) is 92.9 cm³/mol. The van der Waals surface area contributed by atoms with Crippen molar-refractivity contribution in [2.45, 2.75) is 40.5 Å². The van der Waals surface area contributed by atoms with Crippen LogP contribution in [0.25, 0.3) is 0 Å². The van der Waals surface area contributed by atoms with Crippen LogP contribution < -0.4 is 5.56 Å². The Balaban J connectivity index is 2.89. The molecule has 0 saturated heterocycles. The first-order valence-corrected chi connectivity index (χ1v) is 8.20. The van der Waals surface area contributed by atoms with Gasteiger partial charge in [0.05, 0.1) is 6.61 Å². The van der Waals surface area contributed by atoms with E-state index in [0.717, 1.165) is 11.3 Å². The summed E-state index contributed by atoms with van der Waals surface area (Å²) < 4.78 is 5.08. The largest absolute Gasteiger partial charge is 0.383 e. The SMILES string of the molecule is COCCN(CC(C)C)C(=O)CCc1c(C)[nH]c(=O)c(C#N)c1C. The summed E-state index contributed by atoms with van der Waals surface area (Å²) in [4.78, 5) is 28.8. The normalized spacial score (nSPS) is 10.7. The van der Waals surface area contributed by atoms with E-state index in [4.69, 9.17) is 10.00 Å². The first kappa shape index (κ1) is 19.9. The molecule has 24 heavy (non-hydrogen) atoms. The summed E-state index contributed by atoms with van der Waals surface area (Å²) in [7, 11) is 1.62. The summed E-state index contributed by atoms with van der Waals surface area (Å²) in [5, 5.41) is 9.12. The fourth-order valence-electron chi connectivity index (χ4n) is 2.77. The van der Waals surface area contributed by atoms with Gasteiger partial charge in [-0.2, -0.15) is 5.26 Å². The molecule has 1 aromatic rings. The highest BCUT2D eigenvalue weighted by atomic mass is 16.5. The van der Waals surface area contributed by atoms with Gasteiger partial charge in [0.15, 0.2) is 0 Å². The van der Waals surface area contributed by atoms with Crippen molar-refractivity contribution < 1.29 is 9.53 Å². The molecule has 0 fully saturated rings. The number of rotatable bonds is 8. The van der Waals surface area contributed by atoms with Crippen LogP contribution in [-0.2, 0) is 16.0 Å². The smallest absolute Gasteiger partial charge is 0.266 e. The summed E-state index contributed by atoms with van der Waals surface area (Å²) in [6.45, 7) is 9.47. The van der Waals surface area contributed by atoms with Crippen molar-refractivity contribution in [2.24, 2.45) is 5.92 Å². The maximum atomic E-state index is 12.5. The lowest BCUT2D eigenvalue weighted by molar-refractivity contribution is -0.132. The van der Waals surface area contributed by atoms with E-state index >= 15 is 0 Å². The lowest BCUT2D eigenvalue weighted by atomic mass is 9.99. The van der Waals surface area contributed by atoms with E-state index in [-0.39, 0.29) is 17.0 Å². The summed E-state index contributed by atoms with van der Waals surface area (Å²) >= 11 is 0. The highest BCUT2D eigenvalue weighted by Crippen LogP contribution is 2.16. The summed E-state index contributed by atoms with van der Waals surface area (Å²) in [5.41, 5.74) is 2.01. The molecule has 0 aliphatic rings. The van der Waals surface area contributed by atoms with Crippen LogP contribution in [0.3, 0.4) is 0 Å². The van der Waals surface area contributed by atoms with Gasteiger partial charge in [0.25, 0.3) is 5.56 Å². The first-order chi connectivity index (χ1) is 11.3. The molecule has 0 atom stereocenters. The zero-order valence-electron chi connectivity index (χ0n) is 15.2. The fraction of sp³-hybridized carbons (Fsp3) is 0.611. The van der Waals surface area contributed by atoms with E-state index in [1.165, 1.54) is 0 Å². The van der Waals surface area contributed by atoms with E-state index in [2.05, 4.69) is 18.8 Å². The van der Waals surface area contributed by atoms with Crippen LogP contribution in [0, 0.1) is 31.1 Å². The second-order valence-corrected chi connectivity index (χ2v) is 6.40. The number of H-pyrrole nitrogens is 1. The second-order valence-electron chi connectivity index (χ2n) is 6.40. The van der Waals surface area contributed by atoms with Gasteiger partial charge in [-0.1, -0.05) is 13.8 Å². The molecule has 6 heteroatoms. The van der Waals surface area contributed by atoms with Crippen LogP contribution in [0.15, 0.2) is 4.79 Å². The molecule has 0 saturated carbocycles. The molecule has 1 amide bonds. The quantitative estimate of drug-likeness (QED) is 0.787. The third-order valence-electron chi connectivity index (χ3n) is 4.01. The average Bonchev–Trinajstić information content (AvgIpc) is 2.50. The lowest BCUT2D eigenvalue weighted by Crippen LogP contribution is -2.37. The Labute approximate surface area is 143 Å². The number of carbonyl (C=O) groups excluding carboxylic acids is 1. The molecule has 0 radical (unpaired) electrons. The van der Waals surface area contributed by atoms with Crippen molar-refractivity contribution in [3.8, 4) is 6.07 Å². The third kappa shape index (κ3) is 5.20. The zero-order chi connectivity index (χ0) is 18.3. The number of nitriles is 1. The standard InChI is InChI=1S/C18H27N3O3/c1-12(2)11-21(8-9-24-5)17(22)7-6-15-13(3)16(10-19)18(23)20-14(15)4/h12H,6-9,11H2,1-5H3,(H,20,23). The topological polar surface area (TPSA) is 86.2 Å². The van der Waals surface area contributed by atoms with E-state index in [0.29, 0.717) is 44.0 Å². The monoisotopic (exact) mass is 333 g/mol. The molecule has 1 rings (SSSR count). The van der Waals surface area contributed by atoms with Crippen molar-refractivity contribution in [3.63, 3.8) is 0 Å². The molecule has 0 spiro atoms. The Morgan fingerprint density at radius 3 is 2.58 bits per heavy atom. The molecule has 0 aromatic carbocycles. The molecule has 6 nitrogen and oxygen atoms in total. The number of pyridine rings is 1. The molecule has 0 aliphatic heterocycles. The maximum absolute atomic E-state index is 12.5. The fourth-order valence-corrected chi connectivity index (χ4v) is 2.77. The minimum Gasteiger partial charge on any atom is -0.383 e. The number of nitrogens with one attached hydrogen (secondary N) is 1. The number of carbonyl (C=O) groups is 1. The molecule has 1 heterocycles. The van der Waals surface area contributed by atoms with Gasteiger partial charge in [-0.15, -0.1) is 0 Å². The summed E-state index contributed by atoms with van der Waals surface area (Å²) in [6.07, 6.45) is 0.846. The minimum atomic E-state index is -0.371. The van der Waals surface area contributed by atoms with E-state index in [9.17, 15) is 9.59 Å². The van der Waals surface area contributed by atoms with Crippen LogP contribution in [0.4, 0.5) is 0 Å². The molecule has 0 unspecified atom stereocenters. The van der Waals surface area contributed by atoms with Gasteiger partial charge in [0, 0.05) is 32.3 Å². The van der Waals surface area contributed by atoms with Gasteiger partial charge < -0.3 is 14.6 Å². The van der Waals surface area contributed by atoms with Crippen molar-refractivity contribution in [2.75, 3.05) is 26.8 Å². The van der Waals surface area contributed by atoms with Crippen molar-refractivity contribution in [1.82, 2.24) is 9.88 Å².